The number of rotatable bonds is 2. The Morgan fingerprint density at radius 3 is 3.10 bits per heavy atom. The number of fused-ring (bicyclic) bond motifs is 2. The molecule has 0 spiro atoms. The first-order chi connectivity index (χ1) is 10.3. The Kier molecular flexibility index (Phi) is 3.03. The van der Waals surface area contributed by atoms with Crippen LogP contribution in [0.5, 0.6) is 0 Å². The van der Waals surface area contributed by atoms with Crippen molar-refractivity contribution >= 4 is 44.0 Å². The highest BCUT2D eigenvalue weighted by molar-refractivity contribution is 8.17. The number of terminal acetylenes is 1. The van der Waals surface area contributed by atoms with Gasteiger partial charge < -0.3 is 10.0 Å². The van der Waals surface area contributed by atoms with Crippen molar-refractivity contribution in [2.75, 3.05) is 13.1 Å². The highest BCUT2D eigenvalue weighted by Gasteiger charge is 2.36. The largest absolute Gasteiger partial charge is 0.375 e. The molecule has 1 aromatic heterocycles. The van der Waals surface area contributed by atoms with E-state index in [4.69, 9.17) is 6.42 Å². The van der Waals surface area contributed by atoms with Crippen LogP contribution >= 0.6 is 23.1 Å². The standard InChI is InChI=1S/C16H12N2OS2/c1-2-12(19)15-14(18-8-7-17-16(18)21-15)11-9-20-13-6-4-3-5-10(11)13/h1,3-6,9,12,19H,7-8H2. The van der Waals surface area contributed by atoms with Gasteiger partial charge in [0.05, 0.1) is 17.1 Å². The Hall–Kier alpha value is -1.74. The van der Waals surface area contributed by atoms with E-state index in [1.807, 2.05) is 12.1 Å². The summed E-state index contributed by atoms with van der Waals surface area (Å²) in [6.07, 6.45) is 4.55. The zero-order valence-corrected chi connectivity index (χ0v) is 12.7. The molecular formula is C16H12N2OS2. The van der Waals surface area contributed by atoms with Crippen LogP contribution in [0, 0.1) is 12.3 Å². The smallest absolute Gasteiger partial charge is 0.168 e. The minimum Gasteiger partial charge on any atom is -0.375 e. The summed E-state index contributed by atoms with van der Waals surface area (Å²) in [7, 11) is 0. The number of amidine groups is 1. The Bertz CT molecular complexity index is 828. The van der Waals surface area contributed by atoms with E-state index in [1.54, 1.807) is 11.3 Å². The molecule has 2 aromatic rings. The molecule has 21 heavy (non-hydrogen) atoms. The molecule has 1 unspecified atom stereocenters. The van der Waals surface area contributed by atoms with E-state index in [0.29, 0.717) is 0 Å². The first-order valence-electron chi connectivity index (χ1n) is 6.64. The zero-order valence-electron chi connectivity index (χ0n) is 11.1. The third-order valence-corrected chi connectivity index (χ3v) is 5.78. The van der Waals surface area contributed by atoms with Crippen LogP contribution in [0.1, 0.15) is 5.56 Å². The first kappa shape index (κ1) is 13.0. The second-order valence-electron chi connectivity index (χ2n) is 4.85. The lowest BCUT2D eigenvalue weighted by molar-refractivity contribution is 0.277. The van der Waals surface area contributed by atoms with Crippen molar-refractivity contribution in [2.45, 2.75) is 6.10 Å². The Morgan fingerprint density at radius 2 is 2.24 bits per heavy atom. The molecule has 2 aliphatic heterocycles. The van der Waals surface area contributed by atoms with Crippen LogP contribution in [-0.2, 0) is 0 Å². The maximum absolute atomic E-state index is 10.2. The molecule has 1 atom stereocenters. The van der Waals surface area contributed by atoms with E-state index in [-0.39, 0.29) is 0 Å². The van der Waals surface area contributed by atoms with Crippen molar-refractivity contribution in [1.82, 2.24) is 4.90 Å². The molecular weight excluding hydrogens is 300 g/mol. The lowest BCUT2D eigenvalue weighted by Gasteiger charge is -2.17. The minimum atomic E-state index is -0.878. The lowest BCUT2D eigenvalue weighted by Crippen LogP contribution is -2.20. The number of thioether (sulfide) groups is 1. The van der Waals surface area contributed by atoms with Gasteiger partial charge in [-0.05, 0) is 6.07 Å². The van der Waals surface area contributed by atoms with Crippen LogP contribution in [0.25, 0.3) is 15.8 Å². The third-order valence-electron chi connectivity index (χ3n) is 3.65. The Labute approximate surface area is 131 Å². The molecule has 0 bridgehead atoms. The molecule has 2 aliphatic rings. The fourth-order valence-corrected chi connectivity index (χ4v) is 4.79. The quantitative estimate of drug-likeness (QED) is 0.866. The van der Waals surface area contributed by atoms with Gasteiger partial charge in [-0.15, -0.1) is 17.8 Å². The van der Waals surface area contributed by atoms with E-state index >= 15 is 0 Å². The number of nitrogens with zero attached hydrogens (tertiary/aromatic N) is 2. The highest BCUT2D eigenvalue weighted by atomic mass is 32.2. The predicted octanol–water partition coefficient (Wildman–Crippen LogP) is 2.98. The van der Waals surface area contributed by atoms with E-state index in [2.05, 4.69) is 33.3 Å². The molecule has 104 valence electrons. The molecule has 3 heterocycles. The summed E-state index contributed by atoms with van der Waals surface area (Å²) in [5.74, 6) is 2.43. The summed E-state index contributed by atoms with van der Waals surface area (Å²) in [6.45, 7) is 1.65. The van der Waals surface area contributed by atoms with Gasteiger partial charge in [0.2, 0.25) is 0 Å². The fourth-order valence-electron chi connectivity index (χ4n) is 2.70. The monoisotopic (exact) mass is 312 g/mol. The van der Waals surface area contributed by atoms with Crippen molar-refractivity contribution in [3.8, 4) is 12.3 Å². The molecule has 0 fully saturated rings. The summed E-state index contributed by atoms with van der Waals surface area (Å²) in [5.41, 5.74) is 2.17. The second kappa shape index (κ2) is 4.92. The van der Waals surface area contributed by atoms with Gasteiger partial charge in [-0.1, -0.05) is 35.9 Å². The fraction of sp³-hybridized carbons (Fsp3) is 0.188. The summed E-state index contributed by atoms with van der Waals surface area (Å²) >= 11 is 3.21. The van der Waals surface area contributed by atoms with Gasteiger partial charge in [0, 0.05) is 27.6 Å². The summed E-state index contributed by atoms with van der Waals surface area (Å²) in [6, 6.07) is 8.31. The molecule has 3 nitrogen and oxygen atoms in total. The molecule has 0 radical (unpaired) electrons. The second-order valence-corrected chi connectivity index (χ2v) is 6.77. The maximum atomic E-state index is 10.2. The molecule has 0 aliphatic carbocycles. The number of aliphatic imine (C=N–C) groups is 1. The van der Waals surface area contributed by atoms with Crippen LogP contribution in [0.4, 0.5) is 0 Å². The van der Waals surface area contributed by atoms with Crippen molar-refractivity contribution in [3.63, 3.8) is 0 Å². The third kappa shape index (κ3) is 1.91. The zero-order chi connectivity index (χ0) is 14.4. The van der Waals surface area contributed by atoms with Crippen molar-refractivity contribution in [1.29, 1.82) is 0 Å². The number of hydrogen-bond donors (Lipinski definition) is 1. The van der Waals surface area contributed by atoms with E-state index in [0.717, 1.165) is 34.4 Å². The molecule has 1 aromatic carbocycles. The van der Waals surface area contributed by atoms with Crippen LogP contribution in [0.3, 0.4) is 0 Å². The van der Waals surface area contributed by atoms with E-state index in [1.165, 1.54) is 21.8 Å². The van der Waals surface area contributed by atoms with Crippen LogP contribution in [0.15, 0.2) is 39.5 Å². The van der Waals surface area contributed by atoms with Gasteiger partial charge in [0.1, 0.15) is 6.10 Å². The van der Waals surface area contributed by atoms with Crippen molar-refractivity contribution in [3.05, 3.63) is 40.1 Å². The minimum absolute atomic E-state index is 0.799. The Balaban J connectivity index is 1.94. The predicted molar refractivity (Wildman–Crippen MR) is 90.2 cm³/mol. The van der Waals surface area contributed by atoms with Gasteiger partial charge in [0.15, 0.2) is 5.17 Å². The summed E-state index contributed by atoms with van der Waals surface area (Å²) in [4.78, 5) is 7.49. The number of aliphatic hydroxyl groups excluding tert-OH is 1. The lowest BCUT2D eigenvalue weighted by atomic mass is 10.1. The SMILES string of the molecule is C#CC(O)C1=C(c2csc3ccccc23)N2CCN=C2S1. The van der Waals surface area contributed by atoms with Crippen LogP contribution < -0.4 is 0 Å². The van der Waals surface area contributed by atoms with Crippen LogP contribution in [0.2, 0.25) is 0 Å². The summed E-state index contributed by atoms with van der Waals surface area (Å²) in [5, 5.41) is 14.5. The normalized spacial score (nSPS) is 18.9. The number of hydrogen-bond acceptors (Lipinski definition) is 5. The number of thiophene rings is 1. The van der Waals surface area contributed by atoms with Crippen molar-refractivity contribution in [2.24, 2.45) is 4.99 Å². The van der Waals surface area contributed by atoms with Crippen LogP contribution in [-0.4, -0.2) is 34.4 Å². The average Bonchev–Trinajstić information content (AvgIpc) is 3.19. The average molecular weight is 312 g/mol. The molecule has 0 saturated carbocycles. The summed E-state index contributed by atoms with van der Waals surface area (Å²) < 4.78 is 1.24. The Morgan fingerprint density at radius 1 is 1.38 bits per heavy atom. The number of aliphatic hydroxyl groups is 1. The van der Waals surface area contributed by atoms with Crippen molar-refractivity contribution < 1.29 is 5.11 Å². The molecule has 0 saturated heterocycles. The van der Waals surface area contributed by atoms with Gasteiger partial charge in [-0.2, -0.15) is 0 Å². The maximum Gasteiger partial charge on any atom is 0.168 e. The molecule has 1 N–H and O–H groups in total. The molecule has 5 heteroatoms. The highest BCUT2D eigenvalue weighted by Crippen LogP contribution is 2.45. The van der Waals surface area contributed by atoms with Gasteiger partial charge in [-0.3, -0.25) is 4.99 Å². The van der Waals surface area contributed by atoms with Gasteiger partial charge >= 0.3 is 0 Å². The van der Waals surface area contributed by atoms with Gasteiger partial charge in [-0.25, -0.2) is 0 Å². The topological polar surface area (TPSA) is 35.8 Å². The first-order valence-corrected chi connectivity index (χ1v) is 8.34. The van der Waals surface area contributed by atoms with Gasteiger partial charge in [0.25, 0.3) is 0 Å². The molecule has 0 amide bonds. The van der Waals surface area contributed by atoms with E-state index in [9.17, 15) is 5.11 Å². The van der Waals surface area contributed by atoms with E-state index < -0.39 is 6.10 Å². The number of benzene rings is 1. The molecule has 4 rings (SSSR count).